The molecule has 0 spiro atoms. The van der Waals surface area contributed by atoms with E-state index in [1.54, 1.807) is 12.1 Å². The summed E-state index contributed by atoms with van der Waals surface area (Å²) < 4.78 is 5.51. The van der Waals surface area contributed by atoms with Crippen molar-refractivity contribution in [1.29, 1.82) is 5.26 Å². The van der Waals surface area contributed by atoms with E-state index in [1.165, 1.54) is 5.57 Å². The molecule has 0 aromatic heterocycles. The molecule has 1 unspecified atom stereocenters. The molecule has 0 heterocycles. The lowest BCUT2D eigenvalue weighted by Crippen LogP contribution is -2.52. The predicted octanol–water partition coefficient (Wildman–Crippen LogP) is 4.89. The van der Waals surface area contributed by atoms with Gasteiger partial charge in [0.2, 0.25) is 0 Å². The molecule has 0 radical (unpaired) electrons. The van der Waals surface area contributed by atoms with Crippen molar-refractivity contribution in [3.8, 4) is 6.07 Å². The summed E-state index contributed by atoms with van der Waals surface area (Å²) in [6, 6.07) is 11.4. The number of hydrogen-bond acceptors (Lipinski definition) is 4. The minimum atomic E-state index is -0.289. The molecule has 0 bridgehead atoms. The molecule has 0 saturated carbocycles. The van der Waals surface area contributed by atoms with Gasteiger partial charge in [-0.1, -0.05) is 56.5 Å². The van der Waals surface area contributed by atoms with Gasteiger partial charge in [-0.3, -0.25) is 4.90 Å². The molecule has 4 heteroatoms. The molecular formula is C23H30N2O2. The third kappa shape index (κ3) is 5.08. The number of rotatable bonds is 9. The van der Waals surface area contributed by atoms with Crippen LogP contribution in [0.4, 0.5) is 0 Å². The molecule has 4 nitrogen and oxygen atoms in total. The van der Waals surface area contributed by atoms with E-state index in [0.29, 0.717) is 18.7 Å². The lowest BCUT2D eigenvalue weighted by atomic mass is 9.75. The lowest BCUT2D eigenvalue weighted by molar-refractivity contribution is 0.0360. The maximum atomic E-state index is 12.2. The minimum Gasteiger partial charge on any atom is -0.461 e. The van der Waals surface area contributed by atoms with Crippen LogP contribution in [0.3, 0.4) is 0 Å². The van der Waals surface area contributed by atoms with Gasteiger partial charge in [0.05, 0.1) is 11.6 Å². The SMILES string of the molecule is CCCCC1(N(CC)CCOC(=O)c2ccccc2)CC(C#N)=CC=C1C. The molecule has 0 saturated heterocycles. The van der Waals surface area contributed by atoms with E-state index in [1.807, 2.05) is 24.3 Å². The van der Waals surface area contributed by atoms with Crippen LogP contribution in [0.15, 0.2) is 53.6 Å². The van der Waals surface area contributed by atoms with Crippen molar-refractivity contribution in [2.45, 2.75) is 52.0 Å². The van der Waals surface area contributed by atoms with Gasteiger partial charge in [0.15, 0.2) is 0 Å². The zero-order valence-corrected chi connectivity index (χ0v) is 16.7. The highest BCUT2D eigenvalue weighted by molar-refractivity contribution is 5.89. The summed E-state index contributed by atoms with van der Waals surface area (Å²) in [6.07, 6.45) is 7.96. The highest BCUT2D eigenvalue weighted by Crippen LogP contribution is 2.39. The van der Waals surface area contributed by atoms with Crippen molar-refractivity contribution in [3.05, 3.63) is 59.2 Å². The van der Waals surface area contributed by atoms with Gasteiger partial charge in [-0.05, 0) is 38.1 Å². The van der Waals surface area contributed by atoms with Gasteiger partial charge in [0, 0.05) is 24.1 Å². The van der Waals surface area contributed by atoms with E-state index >= 15 is 0 Å². The largest absolute Gasteiger partial charge is 0.461 e. The number of nitrogens with zero attached hydrogens (tertiary/aromatic N) is 2. The first-order valence-corrected chi connectivity index (χ1v) is 9.82. The minimum absolute atomic E-state index is 0.163. The number of ether oxygens (including phenoxy) is 1. The molecular weight excluding hydrogens is 336 g/mol. The summed E-state index contributed by atoms with van der Waals surface area (Å²) in [4.78, 5) is 14.6. The summed E-state index contributed by atoms with van der Waals surface area (Å²) in [5, 5.41) is 9.43. The van der Waals surface area contributed by atoms with Crippen molar-refractivity contribution < 1.29 is 9.53 Å². The Bertz CT molecular complexity index is 730. The maximum Gasteiger partial charge on any atom is 0.338 e. The second-order valence-electron chi connectivity index (χ2n) is 7.05. The van der Waals surface area contributed by atoms with Crippen LogP contribution >= 0.6 is 0 Å². The molecule has 1 aromatic rings. The summed E-state index contributed by atoms with van der Waals surface area (Å²) in [6.45, 7) is 8.31. The van der Waals surface area contributed by atoms with E-state index < -0.39 is 0 Å². The number of allylic oxidation sites excluding steroid dienone is 2. The number of hydrogen-bond donors (Lipinski definition) is 0. The number of esters is 1. The number of nitriles is 1. The van der Waals surface area contributed by atoms with Crippen LogP contribution in [0.2, 0.25) is 0 Å². The summed E-state index contributed by atoms with van der Waals surface area (Å²) in [5.74, 6) is -0.289. The molecule has 0 aliphatic heterocycles. The van der Waals surface area contributed by atoms with Gasteiger partial charge in [-0.15, -0.1) is 0 Å². The van der Waals surface area contributed by atoms with Crippen molar-refractivity contribution >= 4 is 5.97 Å². The summed E-state index contributed by atoms with van der Waals surface area (Å²) >= 11 is 0. The van der Waals surface area contributed by atoms with Crippen LogP contribution in [-0.2, 0) is 4.74 Å². The van der Waals surface area contributed by atoms with Crippen molar-refractivity contribution in [1.82, 2.24) is 4.90 Å². The number of carbonyl (C=O) groups is 1. The van der Waals surface area contributed by atoms with E-state index in [4.69, 9.17) is 4.74 Å². The molecule has 1 aliphatic carbocycles. The Labute approximate surface area is 163 Å². The van der Waals surface area contributed by atoms with Crippen LogP contribution in [0.5, 0.6) is 0 Å². The van der Waals surface area contributed by atoms with E-state index in [2.05, 4.69) is 37.8 Å². The zero-order chi connectivity index (χ0) is 19.7. The van der Waals surface area contributed by atoms with Crippen LogP contribution in [0, 0.1) is 11.3 Å². The Balaban J connectivity index is 2.09. The quantitative estimate of drug-likeness (QED) is 0.584. The van der Waals surface area contributed by atoms with Crippen molar-refractivity contribution in [2.75, 3.05) is 19.7 Å². The fraction of sp³-hybridized carbons (Fsp3) is 0.478. The second kappa shape index (κ2) is 10.1. The Morgan fingerprint density at radius 3 is 2.63 bits per heavy atom. The molecule has 144 valence electrons. The molecule has 1 aromatic carbocycles. The average molecular weight is 367 g/mol. The Kier molecular flexibility index (Phi) is 7.82. The monoisotopic (exact) mass is 366 g/mol. The van der Waals surface area contributed by atoms with Gasteiger partial charge >= 0.3 is 5.97 Å². The number of unbranched alkanes of at least 4 members (excludes halogenated alkanes) is 1. The van der Waals surface area contributed by atoms with Crippen LogP contribution < -0.4 is 0 Å². The standard InChI is InChI=1S/C23H30N2O2/c1-4-6-14-23(17-20(18-24)13-12-19(23)3)25(5-2)15-16-27-22(26)21-10-8-7-9-11-21/h7-13H,4-6,14-17H2,1-3H3. The van der Waals surface area contributed by atoms with E-state index in [0.717, 1.165) is 37.8 Å². The Hall–Kier alpha value is -2.38. The molecule has 1 atom stereocenters. The molecule has 2 rings (SSSR count). The molecule has 27 heavy (non-hydrogen) atoms. The smallest absolute Gasteiger partial charge is 0.338 e. The fourth-order valence-electron chi connectivity index (χ4n) is 3.83. The molecule has 0 fully saturated rings. The predicted molar refractivity (Wildman–Crippen MR) is 108 cm³/mol. The number of carbonyl (C=O) groups excluding carboxylic acids is 1. The van der Waals surface area contributed by atoms with Crippen molar-refractivity contribution in [2.24, 2.45) is 0 Å². The van der Waals surface area contributed by atoms with Crippen LogP contribution in [0.25, 0.3) is 0 Å². The average Bonchev–Trinajstić information content (AvgIpc) is 2.71. The highest BCUT2D eigenvalue weighted by atomic mass is 16.5. The van der Waals surface area contributed by atoms with Crippen LogP contribution in [0.1, 0.15) is 56.8 Å². The van der Waals surface area contributed by atoms with E-state index in [9.17, 15) is 10.1 Å². The Morgan fingerprint density at radius 1 is 1.26 bits per heavy atom. The third-order valence-corrected chi connectivity index (χ3v) is 5.43. The first-order chi connectivity index (χ1) is 13.1. The fourth-order valence-corrected chi connectivity index (χ4v) is 3.83. The zero-order valence-electron chi connectivity index (χ0n) is 16.7. The second-order valence-corrected chi connectivity index (χ2v) is 7.05. The first-order valence-electron chi connectivity index (χ1n) is 9.82. The van der Waals surface area contributed by atoms with Crippen molar-refractivity contribution in [3.63, 3.8) is 0 Å². The normalized spacial score (nSPS) is 19.2. The first kappa shape index (κ1) is 20.9. The third-order valence-electron chi connectivity index (χ3n) is 5.43. The van der Waals surface area contributed by atoms with Gasteiger partial charge in [0.25, 0.3) is 0 Å². The lowest BCUT2D eigenvalue weighted by Gasteiger charge is -2.46. The highest BCUT2D eigenvalue weighted by Gasteiger charge is 2.39. The van der Waals surface area contributed by atoms with Gasteiger partial charge in [-0.2, -0.15) is 5.26 Å². The van der Waals surface area contributed by atoms with E-state index in [-0.39, 0.29) is 11.5 Å². The van der Waals surface area contributed by atoms with Crippen LogP contribution in [-0.4, -0.2) is 36.1 Å². The molecule has 0 amide bonds. The Morgan fingerprint density at radius 2 is 2.00 bits per heavy atom. The summed E-state index contributed by atoms with van der Waals surface area (Å²) in [5.41, 5.74) is 2.51. The number of benzene rings is 1. The number of likely N-dealkylation sites (N-methyl/N-ethyl adjacent to an activating group) is 1. The molecule has 1 aliphatic rings. The van der Waals surface area contributed by atoms with Gasteiger partial charge in [0.1, 0.15) is 6.61 Å². The van der Waals surface area contributed by atoms with Gasteiger partial charge < -0.3 is 4.74 Å². The summed E-state index contributed by atoms with van der Waals surface area (Å²) in [7, 11) is 0. The van der Waals surface area contributed by atoms with Gasteiger partial charge in [-0.25, -0.2) is 4.79 Å². The molecule has 0 N–H and O–H groups in total. The topological polar surface area (TPSA) is 53.3 Å². The maximum absolute atomic E-state index is 12.2.